The predicted molar refractivity (Wildman–Crippen MR) is 58.0 cm³/mol. The van der Waals surface area contributed by atoms with Crippen LogP contribution in [0.4, 0.5) is 0 Å². The molecule has 0 fully saturated rings. The number of carboxylic acid groups (broad SMARTS) is 2. The maximum absolute atomic E-state index is 11.5. The Morgan fingerprint density at radius 2 is 2.12 bits per heavy atom. The quantitative estimate of drug-likeness (QED) is 0.690. The summed E-state index contributed by atoms with van der Waals surface area (Å²) in [5.74, 6) is -3.39. The number of rotatable bonds is 5. The summed E-state index contributed by atoms with van der Waals surface area (Å²) < 4.78 is 0. The van der Waals surface area contributed by atoms with Crippen molar-refractivity contribution < 1.29 is 24.6 Å². The third kappa shape index (κ3) is 3.83. The van der Waals surface area contributed by atoms with Crippen LogP contribution in [0.3, 0.4) is 0 Å². The molecule has 0 radical (unpaired) electrons. The van der Waals surface area contributed by atoms with Crippen LogP contribution in [0.2, 0.25) is 0 Å². The van der Waals surface area contributed by atoms with Gasteiger partial charge in [-0.1, -0.05) is 0 Å². The van der Waals surface area contributed by atoms with Gasteiger partial charge < -0.3 is 15.5 Å². The maximum Gasteiger partial charge on any atom is 0.326 e. The number of carbonyl (C=O) groups is 3. The van der Waals surface area contributed by atoms with Gasteiger partial charge in [0.25, 0.3) is 5.91 Å². The van der Waals surface area contributed by atoms with E-state index < -0.39 is 30.3 Å². The highest BCUT2D eigenvalue weighted by Crippen LogP contribution is 2.08. The van der Waals surface area contributed by atoms with E-state index in [2.05, 4.69) is 10.3 Å². The molecule has 1 unspecified atom stereocenters. The van der Waals surface area contributed by atoms with Crippen LogP contribution in [0.15, 0.2) is 5.38 Å². The van der Waals surface area contributed by atoms with Crippen LogP contribution in [0.1, 0.15) is 21.9 Å². The summed E-state index contributed by atoms with van der Waals surface area (Å²) in [5.41, 5.74) is 0.0872. The molecule has 0 bridgehead atoms. The fraction of sp³-hybridized carbons (Fsp3) is 0.333. The van der Waals surface area contributed by atoms with Gasteiger partial charge in [-0.15, -0.1) is 11.3 Å². The first-order chi connectivity index (χ1) is 7.90. The lowest BCUT2D eigenvalue weighted by molar-refractivity contribution is -0.145. The molecule has 1 aromatic heterocycles. The van der Waals surface area contributed by atoms with E-state index in [0.29, 0.717) is 5.01 Å². The lowest BCUT2D eigenvalue weighted by atomic mass is 10.2. The summed E-state index contributed by atoms with van der Waals surface area (Å²) >= 11 is 1.25. The van der Waals surface area contributed by atoms with Crippen LogP contribution in [-0.4, -0.2) is 39.1 Å². The minimum atomic E-state index is -1.46. The van der Waals surface area contributed by atoms with Crippen molar-refractivity contribution in [2.24, 2.45) is 0 Å². The normalized spacial score (nSPS) is 11.8. The largest absolute Gasteiger partial charge is 0.481 e. The van der Waals surface area contributed by atoms with Gasteiger partial charge in [0.1, 0.15) is 11.7 Å². The van der Waals surface area contributed by atoms with Gasteiger partial charge in [-0.3, -0.25) is 9.59 Å². The van der Waals surface area contributed by atoms with Crippen molar-refractivity contribution in [1.82, 2.24) is 10.3 Å². The smallest absolute Gasteiger partial charge is 0.326 e. The van der Waals surface area contributed by atoms with E-state index in [1.54, 1.807) is 6.92 Å². The van der Waals surface area contributed by atoms with Gasteiger partial charge in [0.2, 0.25) is 0 Å². The van der Waals surface area contributed by atoms with E-state index in [0.717, 1.165) is 0 Å². The Labute approximate surface area is 100 Å². The standard InChI is InChI=1S/C9H10N2O5S/c1-4-10-6(3-17-4)8(14)11-5(9(15)16)2-7(12)13/h3,5H,2H2,1H3,(H,11,14)(H,12,13)(H,15,16). The van der Waals surface area contributed by atoms with Crippen molar-refractivity contribution in [2.75, 3.05) is 0 Å². The highest BCUT2D eigenvalue weighted by atomic mass is 32.1. The minimum absolute atomic E-state index is 0.0872. The number of aryl methyl sites for hydroxylation is 1. The van der Waals surface area contributed by atoms with Crippen LogP contribution < -0.4 is 5.32 Å². The molecule has 0 aromatic carbocycles. The summed E-state index contributed by atoms with van der Waals surface area (Å²) in [7, 11) is 0. The molecule has 1 heterocycles. The molecule has 92 valence electrons. The molecule has 8 heteroatoms. The van der Waals surface area contributed by atoms with Crippen molar-refractivity contribution in [2.45, 2.75) is 19.4 Å². The second-order valence-corrected chi connectivity index (χ2v) is 4.28. The molecule has 1 aromatic rings. The second kappa shape index (κ2) is 5.39. The number of carboxylic acids is 2. The third-order valence-electron chi connectivity index (χ3n) is 1.83. The molecule has 1 rings (SSSR count). The van der Waals surface area contributed by atoms with Gasteiger partial charge >= 0.3 is 11.9 Å². The molecule has 3 N–H and O–H groups in total. The van der Waals surface area contributed by atoms with E-state index >= 15 is 0 Å². The summed E-state index contributed by atoms with van der Waals surface area (Å²) in [6.45, 7) is 1.70. The van der Waals surface area contributed by atoms with Crippen LogP contribution in [-0.2, 0) is 9.59 Å². The molecule has 0 aliphatic heterocycles. The Hall–Kier alpha value is -1.96. The zero-order valence-corrected chi connectivity index (χ0v) is 9.65. The van der Waals surface area contributed by atoms with Gasteiger partial charge in [-0.2, -0.15) is 0 Å². The van der Waals surface area contributed by atoms with Crippen LogP contribution >= 0.6 is 11.3 Å². The fourth-order valence-corrected chi connectivity index (χ4v) is 1.67. The molecule has 0 saturated heterocycles. The topological polar surface area (TPSA) is 117 Å². The molecule has 0 aliphatic rings. The molecule has 1 atom stereocenters. The molecular weight excluding hydrogens is 248 g/mol. The second-order valence-electron chi connectivity index (χ2n) is 3.21. The first-order valence-corrected chi connectivity index (χ1v) is 5.45. The molecule has 7 nitrogen and oxygen atoms in total. The maximum atomic E-state index is 11.5. The number of hydrogen-bond acceptors (Lipinski definition) is 5. The van der Waals surface area contributed by atoms with E-state index in [1.165, 1.54) is 16.7 Å². The molecular formula is C9H10N2O5S. The highest BCUT2D eigenvalue weighted by Gasteiger charge is 2.24. The van der Waals surface area contributed by atoms with Crippen LogP contribution in [0, 0.1) is 6.92 Å². The summed E-state index contributed by atoms with van der Waals surface area (Å²) in [6.07, 6.45) is -0.676. The fourth-order valence-electron chi connectivity index (χ4n) is 1.07. The zero-order chi connectivity index (χ0) is 13.0. The number of amides is 1. The van der Waals surface area contributed by atoms with Crippen LogP contribution in [0.25, 0.3) is 0 Å². The molecule has 0 spiro atoms. The van der Waals surface area contributed by atoms with Crippen molar-refractivity contribution in [3.63, 3.8) is 0 Å². The van der Waals surface area contributed by atoms with Crippen molar-refractivity contribution in [3.8, 4) is 0 Å². The van der Waals surface area contributed by atoms with Gasteiger partial charge in [-0.05, 0) is 6.92 Å². The number of aromatic nitrogens is 1. The summed E-state index contributed by atoms with van der Waals surface area (Å²) in [4.78, 5) is 36.5. The number of hydrogen-bond donors (Lipinski definition) is 3. The Bertz CT molecular complexity index is 456. The van der Waals surface area contributed by atoms with E-state index in [9.17, 15) is 14.4 Å². The van der Waals surface area contributed by atoms with E-state index in [1.807, 2.05) is 0 Å². The molecule has 1 amide bonds. The average molecular weight is 258 g/mol. The van der Waals surface area contributed by atoms with Crippen molar-refractivity contribution in [3.05, 3.63) is 16.1 Å². The van der Waals surface area contributed by atoms with Gasteiger partial charge in [0.05, 0.1) is 11.4 Å². The number of aliphatic carboxylic acids is 2. The van der Waals surface area contributed by atoms with E-state index in [4.69, 9.17) is 10.2 Å². The van der Waals surface area contributed by atoms with Gasteiger partial charge in [0.15, 0.2) is 0 Å². The SMILES string of the molecule is Cc1nc(C(=O)NC(CC(=O)O)C(=O)O)cs1. The number of nitrogens with zero attached hydrogens (tertiary/aromatic N) is 1. The Balaban J connectivity index is 2.70. The van der Waals surface area contributed by atoms with Gasteiger partial charge in [0, 0.05) is 5.38 Å². The van der Waals surface area contributed by atoms with Crippen molar-refractivity contribution in [1.29, 1.82) is 0 Å². The van der Waals surface area contributed by atoms with E-state index in [-0.39, 0.29) is 5.69 Å². The average Bonchev–Trinajstić information content (AvgIpc) is 2.63. The summed E-state index contributed by atoms with van der Waals surface area (Å²) in [5, 5.41) is 21.5. The van der Waals surface area contributed by atoms with Gasteiger partial charge in [-0.25, -0.2) is 9.78 Å². The lowest BCUT2D eigenvalue weighted by Crippen LogP contribution is -2.42. The Morgan fingerprint density at radius 3 is 2.53 bits per heavy atom. The summed E-state index contributed by atoms with van der Waals surface area (Å²) in [6, 6.07) is -1.46. The highest BCUT2D eigenvalue weighted by molar-refractivity contribution is 7.09. The zero-order valence-electron chi connectivity index (χ0n) is 8.84. The number of nitrogens with one attached hydrogen (secondary N) is 1. The first-order valence-electron chi connectivity index (χ1n) is 4.57. The Kier molecular flexibility index (Phi) is 4.16. The number of carbonyl (C=O) groups excluding carboxylic acids is 1. The molecule has 17 heavy (non-hydrogen) atoms. The molecule has 0 saturated carbocycles. The monoisotopic (exact) mass is 258 g/mol. The predicted octanol–water partition coefficient (Wildman–Crippen LogP) is 0.109. The third-order valence-corrected chi connectivity index (χ3v) is 2.61. The van der Waals surface area contributed by atoms with Crippen molar-refractivity contribution >= 4 is 29.2 Å². The van der Waals surface area contributed by atoms with Crippen LogP contribution in [0.5, 0.6) is 0 Å². The molecule has 0 aliphatic carbocycles. The Morgan fingerprint density at radius 1 is 1.47 bits per heavy atom. The number of thiazole rings is 1. The lowest BCUT2D eigenvalue weighted by Gasteiger charge is -2.10. The minimum Gasteiger partial charge on any atom is -0.481 e. The first kappa shape index (κ1) is 13.1.